The molecule has 0 aromatic heterocycles. The molecule has 0 bridgehead atoms. The van der Waals surface area contributed by atoms with Gasteiger partial charge < -0.3 is 5.32 Å². The minimum Gasteiger partial charge on any atom is -0.314 e. The van der Waals surface area contributed by atoms with Crippen molar-refractivity contribution in [1.29, 1.82) is 0 Å². The molecule has 0 spiro atoms. The van der Waals surface area contributed by atoms with Crippen molar-refractivity contribution in [1.82, 2.24) is 5.32 Å². The molecule has 0 aliphatic heterocycles. The second kappa shape index (κ2) is 3.52. The van der Waals surface area contributed by atoms with E-state index < -0.39 is 0 Å². The van der Waals surface area contributed by atoms with Crippen molar-refractivity contribution in [2.75, 3.05) is 6.54 Å². The smallest absolute Gasteiger partial charge is 0.0129 e. The van der Waals surface area contributed by atoms with Crippen LogP contribution in [0.5, 0.6) is 0 Å². The number of nitrogens with one attached hydrogen (secondary N) is 1. The summed E-state index contributed by atoms with van der Waals surface area (Å²) in [4.78, 5) is 0. The van der Waals surface area contributed by atoms with Crippen molar-refractivity contribution in [3.63, 3.8) is 0 Å². The maximum absolute atomic E-state index is 3.78. The lowest BCUT2D eigenvalue weighted by atomic mass is 9.76. The number of hydrogen-bond acceptors (Lipinski definition) is 1. The highest BCUT2D eigenvalue weighted by Gasteiger charge is 2.57. The van der Waals surface area contributed by atoms with E-state index in [-0.39, 0.29) is 0 Å². The van der Waals surface area contributed by atoms with Crippen molar-refractivity contribution >= 4 is 0 Å². The predicted molar refractivity (Wildman–Crippen MR) is 59.1 cm³/mol. The fourth-order valence-electron chi connectivity index (χ4n) is 4.06. The van der Waals surface area contributed by atoms with Crippen LogP contribution in [0.3, 0.4) is 0 Å². The molecule has 3 rings (SSSR count). The van der Waals surface area contributed by atoms with Crippen LogP contribution in [0.15, 0.2) is 0 Å². The molecule has 3 saturated carbocycles. The molecule has 3 aliphatic rings. The van der Waals surface area contributed by atoms with Crippen molar-refractivity contribution in [3.8, 4) is 0 Å². The SMILES string of the molecule is CCNC(C1CCC1)C1C2CCCC21. The van der Waals surface area contributed by atoms with Crippen LogP contribution < -0.4 is 5.32 Å². The van der Waals surface area contributed by atoms with E-state index >= 15 is 0 Å². The van der Waals surface area contributed by atoms with Gasteiger partial charge in [-0.05, 0) is 55.9 Å². The molecular weight excluding hydrogens is 170 g/mol. The molecule has 0 aromatic rings. The quantitative estimate of drug-likeness (QED) is 0.724. The molecular formula is C13H23N. The van der Waals surface area contributed by atoms with Gasteiger partial charge in [-0.2, -0.15) is 0 Å². The van der Waals surface area contributed by atoms with Crippen LogP contribution in [0.25, 0.3) is 0 Å². The van der Waals surface area contributed by atoms with E-state index in [4.69, 9.17) is 0 Å². The third-order valence-corrected chi connectivity index (χ3v) is 4.98. The van der Waals surface area contributed by atoms with Gasteiger partial charge in [0.15, 0.2) is 0 Å². The standard InChI is InChI=1S/C13H23N/c1-2-14-13(9-5-3-6-9)12-10-7-4-8-11(10)12/h9-14H,2-8H2,1H3. The zero-order valence-corrected chi connectivity index (χ0v) is 9.34. The summed E-state index contributed by atoms with van der Waals surface area (Å²) in [5.41, 5.74) is 0. The molecule has 0 radical (unpaired) electrons. The van der Waals surface area contributed by atoms with Crippen LogP contribution in [-0.2, 0) is 0 Å². The summed E-state index contributed by atoms with van der Waals surface area (Å²) in [7, 11) is 0. The Balaban J connectivity index is 1.61. The fourth-order valence-corrected chi connectivity index (χ4v) is 4.06. The zero-order valence-electron chi connectivity index (χ0n) is 9.34. The van der Waals surface area contributed by atoms with Crippen molar-refractivity contribution in [2.45, 2.75) is 51.5 Å². The van der Waals surface area contributed by atoms with Gasteiger partial charge >= 0.3 is 0 Å². The first-order valence-corrected chi connectivity index (χ1v) is 6.65. The minimum absolute atomic E-state index is 0.907. The molecule has 3 fully saturated rings. The van der Waals surface area contributed by atoms with Gasteiger partial charge in [0.2, 0.25) is 0 Å². The van der Waals surface area contributed by atoms with E-state index in [0.29, 0.717) is 0 Å². The van der Waals surface area contributed by atoms with E-state index in [1.165, 1.54) is 32.2 Å². The van der Waals surface area contributed by atoms with Gasteiger partial charge in [0.1, 0.15) is 0 Å². The summed E-state index contributed by atoms with van der Waals surface area (Å²) in [5, 5.41) is 3.78. The van der Waals surface area contributed by atoms with Crippen LogP contribution in [0.1, 0.15) is 45.4 Å². The van der Waals surface area contributed by atoms with Crippen LogP contribution in [0, 0.1) is 23.7 Å². The number of hydrogen-bond donors (Lipinski definition) is 1. The van der Waals surface area contributed by atoms with Gasteiger partial charge in [0.25, 0.3) is 0 Å². The summed E-state index contributed by atoms with van der Waals surface area (Å²) >= 11 is 0. The maximum atomic E-state index is 3.78. The Labute approximate surface area is 87.7 Å². The predicted octanol–water partition coefficient (Wildman–Crippen LogP) is 2.81. The lowest BCUT2D eigenvalue weighted by molar-refractivity contribution is 0.198. The highest BCUT2D eigenvalue weighted by Crippen LogP contribution is 2.60. The first kappa shape index (κ1) is 9.21. The second-order valence-corrected chi connectivity index (χ2v) is 5.61. The molecule has 0 saturated heterocycles. The Hall–Kier alpha value is -0.0400. The van der Waals surface area contributed by atoms with Crippen LogP contribution >= 0.6 is 0 Å². The summed E-state index contributed by atoms with van der Waals surface area (Å²) < 4.78 is 0. The first-order chi connectivity index (χ1) is 6.92. The monoisotopic (exact) mass is 193 g/mol. The third kappa shape index (κ3) is 1.32. The molecule has 3 aliphatic carbocycles. The van der Waals surface area contributed by atoms with Crippen LogP contribution in [-0.4, -0.2) is 12.6 Å². The molecule has 14 heavy (non-hydrogen) atoms. The van der Waals surface area contributed by atoms with E-state index in [9.17, 15) is 0 Å². The molecule has 0 amide bonds. The Morgan fingerprint density at radius 2 is 1.71 bits per heavy atom. The van der Waals surface area contributed by atoms with Crippen LogP contribution in [0.2, 0.25) is 0 Å². The zero-order chi connectivity index (χ0) is 9.54. The fraction of sp³-hybridized carbons (Fsp3) is 1.00. The molecule has 0 heterocycles. The average molecular weight is 193 g/mol. The molecule has 1 heteroatoms. The average Bonchev–Trinajstić information content (AvgIpc) is 2.54. The molecule has 1 N–H and O–H groups in total. The third-order valence-electron chi connectivity index (χ3n) is 4.98. The van der Waals surface area contributed by atoms with E-state index in [0.717, 1.165) is 29.7 Å². The minimum atomic E-state index is 0.907. The lowest BCUT2D eigenvalue weighted by Crippen LogP contribution is -2.42. The molecule has 3 atom stereocenters. The van der Waals surface area contributed by atoms with Gasteiger partial charge in [-0.25, -0.2) is 0 Å². The van der Waals surface area contributed by atoms with Gasteiger partial charge in [-0.15, -0.1) is 0 Å². The molecule has 1 nitrogen and oxygen atoms in total. The van der Waals surface area contributed by atoms with Crippen LogP contribution in [0.4, 0.5) is 0 Å². The molecule has 0 aromatic carbocycles. The summed E-state index contributed by atoms with van der Waals surface area (Å²) in [6, 6.07) is 0.907. The highest BCUT2D eigenvalue weighted by atomic mass is 14.9. The van der Waals surface area contributed by atoms with Crippen molar-refractivity contribution < 1.29 is 0 Å². The topological polar surface area (TPSA) is 12.0 Å². The Morgan fingerprint density at radius 1 is 1.07 bits per heavy atom. The molecule has 3 unspecified atom stereocenters. The van der Waals surface area contributed by atoms with E-state index in [2.05, 4.69) is 12.2 Å². The largest absolute Gasteiger partial charge is 0.314 e. The summed E-state index contributed by atoms with van der Waals surface area (Å²) in [6.45, 7) is 3.45. The van der Waals surface area contributed by atoms with Gasteiger partial charge in [0, 0.05) is 6.04 Å². The Bertz CT molecular complexity index is 199. The normalized spacial score (nSPS) is 43.1. The summed E-state index contributed by atoms with van der Waals surface area (Å²) in [5.74, 6) is 4.42. The Morgan fingerprint density at radius 3 is 2.21 bits per heavy atom. The highest BCUT2D eigenvalue weighted by molar-refractivity contribution is 5.08. The number of rotatable bonds is 4. The van der Waals surface area contributed by atoms with E-state index in [1.54, 1.807) is 12.8 Å². The van der Waals surface area contributed by atoms with Gasteiger partial charge in [0.05, 0.1) is 0 Å². The Kier molecular flexibility index (Phi) is 2.31. The van der Waals surface area contributed by atoms with E-state index in [1.807, 2.05) is 0 Å². The molecule has 80 valence electrons. The lowest BCUT2D eigenvalue weighted by Gasteiger charge is -2.35. The van der Waals surface area contributed by atoms with Gasteiger partial charge in [-0.1, -0.05) is 19.8 Å². The number of fused-ring (bicyclic) bond motifs is 1. The second-order valence-electron chi connectivity index (χ2n) is 5.61. The van der Waals surface area contributed by atoms with Crippen molar-refractivity contribution in [3.05, 3.63) is 0 Å². The van der Waals surface area contributed by atoms with Crippen molar-refractivity contribution in [2.24, 2.45) is 23.7 Å². The summed E-state index contributed by atoms with van der Waals surface area (Å²) in [6.07, 6.45) is 9.12. The van der Waals surface area contributed by atoms with Gasteiger partial charge in [-0.3, -0.25) is 0 Å². The maximum Gasteiger partial charge on any atom is 0.0129 e. The first-order valence-electron chi connectivity index (χ1n) is 6.65.